The number of hydrogen-bond acceptors (Lipinski definition) is 11. The van der Waals surface area contributed by atoms with Gasteiger partial charge in [0.1, 0.15) is 22.8 Å². The Kier molecular flexibility index (Phi) is 7.49. The van der Waals surface area contributed by atoms with Gasteiger partial charge in [-0.3, -0.25) is 19.3 Å². The predicted octanol–water partition coefficient (Wildman–Crippen LogP) is 3.10. The van der Waals surface area contributed by atoms with E-state index in [1.54, 1.807) is 39.2 Å². The molecule has 0 heterocycles. The van der Waals surface area contributed by atoms with Crippen molar-refractivity contribution in [1.82, 2.24) is 4.90 Å². The quantitative estimate of drug-likeness (QED) is 0.185. The molecule has 12 heteroatoms. The Labute approximate surface area is 230 Å². The van der Waals surface area contributed by atoms with E-state index >= 15 is 0 Å². The number of hydrogen-bond donors (Lipinski definition) is 4. The SMILES string of the molecule is CCCC#Cc1cc(N(C)C)c2c(c1N=O)C(=O)C1=C(O)[C@]3(O)C(=O)C(C(=O)N=N)=C(O)[C@@H](N(C)C)[C@@H]3C[C@@H]1C2. The largest absolute Gasteiger partial charge is 0.510 e. The van der Waals surface area contributed by atoms with Crippen LogP contribution in [0.3, 0.4) is 0 Å². The van der Waals surface area contributed by atoms with Gasteiger partial charge in [0.25, 0.3) is 0 Å². The van der Waals surface area contributed by atoms with Crippen LogP contribution in [0.1, 0.15) is 47.7 Å². The summed E-state index contributed by atoms with van der Waals surface area (Å²) >= 11 is 0. The van der Waals surface area contributed by atoms with Gasteiger partial charge in [-0.1, -0.05) is 18.8 Å². The second-order valence-electron chi connectivity index (χ2n) is 10.7. The minimum absolute atomic E-state index is 0.0199. The highest BCUT2D eigenvalue weighted by Gasteiger charge is 2.63. The number of aliphatic hydroxyl groups is 3. The highest BCUT2D eigenvalue weighted by Crippen LogP contribution is 2.53. The number of allylic oxidation sites excluding steroid dienone is 1. The van der Waals surface area contributed by atoms with Crippen LogP contribution >= 0.6 is 0 Å². The Bertz CT molecular complexity index is 1480. The Hall–Kier alpha value is -4.21. The van der Waals surface area contributed by atoms with Crippen LogP contribution in [-0.2, 0) is 16.0 Å². The van der Waals surface area contributed by atoms with E-state index in [0.717, 1.165) is 6.42 Å². The van der Waals surface area contributed by atoms with Crippen molar-refractivity contribution in [2.75, 3.05) is 33.1 Å². The summed E-state index contributed by atoms with van der Waals surface area (Å²) in [7, 11) is 6.67. The number of ketones is 2. The third kappa shape index (κ3) is 4.04. The van der Waals surface area contributed by atoms with Crippen LogP contribution in [0.25, 0.3) is 0 Å². The van der Waals surface area contributed by atoms with Gasteiger partial charge in [-0.2, -0.15) is 0 Å². The topological polar surface area (TPSA) is 184 Å². The number of carbonyl (C=O) groups excluding carboxylic acids is 3. The second-order valence-corrected chi connectivity index (χ2v) is 10.7. The summed E-state index contributed by atoms with van der Waals surface area (Å²) in [5.74, 6) is -1.11. The van der Waals surface area contributed by atoms with Crippen molar-refractivity contribution in [2.45, 2.75) is 44.2 Å². The fourth-order valence-corrected chi connectivity index (χ4v) is 6.20. The van der Waals surface area contributed by atoms with Crippen LogP contribution in [0.2, 0.25) is 0 Å². The number of rotatable bonds is 5. The fraction of sp³-hybridized carbons (Fsp3) is 0.464. The number of anilines is 1. The lowest BCUT2D eigenvalue weighted by atomic mass is 9.58. The van der Waals surface area contributed by atoms with Crippen molar-refractivity contribution in [2.24, 2.45) is 22.1 Å². The van der Waals surface area contributed by atoms with Crippen molar-refractivity contribution in [1.29, 1.82) is 5.53 Å². The number of aliphatic hydroxyl groups excluding tert-OH is 2. The Morgan fingerprint density at radius 2 is 1.90 bits per heavy atom. The maximum atomic E-state index is 14.1. The van der Waals surface area contributed by atoms with E-state index < -0.39 is 58.0 Å². The number of unbranched alkanes of at least 4 members (excludes halogenated alkanes) is 1. The lowest BCUT2D eigenvalue weighted by Crippen LogP contribution is -2.63. The fourth-order valence-electron chi connectivity index (χ4n) is 6.20. The maximum absolute atomic E-state index is 14.1. The standard InChI is InChI=1S/C28H31N5O7/c1-6-7-8-9-13-12-17(32(2)3)15-10-14-11-16-22(33(4)5)24(35)20(27(38)30-29)26(37)28(16,39)25(36)18(14)23(34)19(15)21(13)31-40/h12,14,16,22,29,35-36,39H,6-7,10-11H2,1-5H3/t14-,16-,22-,28-/m0/s1. The zero-order chi connectivity index (χ0) is 29.7. The molecule has 0 saturated heterocycles. The van der Waals surface area contributed by atoms with Gasteiger partial charge in [-0.05, 0) is 56.1 Å². The molecule has 4 atom stereocenters. The Balaban J connectivity index is 2.01. The molecule has 0 radical (unpaired) electrons. The molecule has 0 unspecified atom stereocenters. The highest BCUT2D eigenvalue weighted by atomic mass is 16.3. The highest BCUT2D eigenvalue weighted by molar-refractivity contribution is 6.25. The van der Waals surface area contributed by atoms with Gasteiger partial charge in [-0.25, -0.2) is 5.53 Å². The first kappa shape index (κ1) is 28.8. The molecule has 4 rings (SSSR count). The third-order valence-corrected chi connectivity index (χ3v) is 7.94. The molecule has 3 aliphatic carbocycles. The van der Waals surface area contributed by atoms with Crippen molar-refractivity contribution < 1.29 is 29.7 Å². The molecule has 1 amide bonds. The molecule has 0 fully saturated rings. The smallest absolute Gasteiger partial charge is 0.302 e. The molecule has 0 saturated carbocycles. The van der Waals surface area contributed by atoms with Gasteiger partial charge in [0.05, 0.1) is 17.2 Å². The first-order valence-corrected chi connectivity index (χ1v) is 12.8. The van der Waals surface area contributed by atoms with Gasteiger partial charge < -0.3 is 20.2 Å². The number of benzene rings is 1. The normalized spacial score (nSPS) is 25.5. The first-order chi connectivity index (χ1) is 18.9. The van der Waals surface area contributed by atoms with E-state index in [0.29, 0.717) is 17.7 Å². The summed E-state index contributed by atoms with van der Waals surface area (Å²) < 4.78 is 0. The summed E-state index contributed by atoms with van der Waals surface area (Å²) in [6.07, 6.45) is 1.49. The van der Waals surface area contributed by atoms with Crippen LogP contribution in [0.4, 0.5) is 11.4 Å². The van der Waals surface area contributed by atoms with Crippen LogP contribution in [0, 0.1) is 34.1 Å². The number of carbonyl (C=O) groups is 3. The molecule has 4 N–H and O–H groups in total. The zero-order valence-electron chi connectivity index (χ0n) is 22.9. The van der Waals surface area contributed by atoms with E-state index in [9.17, 15) is 34.6 Å². The molecule has 210 valence electrons. The molecule has 0 aromatic heterocycles. The molecule has 1 aromatic carbocycles. The number of fused-ring (bicyclic) bond motifs is 3. The Morgan fingerprint density at radius 1 is 1.23 bits per heavy atom. The van der Waals surface area contributed by atoms with E-state index in [2.05, 4.69) is 22.1 Å². The van der Waals surface area contributed by atoms with E-state index in [1.165, 1.54) is 4.90 Å². The van der Waals surface area contributed by atoms with Gasteiger partial charge in [-0.15, -0.1) is 10.0 Å². The molecule has 0 bridgehead atoms. The zero-order valence-corrected chi connectivity index (χ0v) is 22.9. The summed E-state index contributed by atoms with van der Waals surface area (Å²) in [5.41, 5.74) is 4.27. The monoisotopic (exact) mass is 549 g/mol. The van der Waals surface area contributed by atoms with Crippen LogP contribution < -0.4 is 4.90 Å². The lowest BCUT2D eigenvalue weighted by Gasteiger charge is -2.50. The number of nitrogens with zero attached hydrogens (tertiary/aromatic N) is 4. The molecule has 12 nitrogen and oxygen atoms in total. The maximum Gasteiger partial charge on any atom is 0.302 e. The van der Waals surface area contributed by atoms with E-state index in [1.807, 2.05) is 6.92 Å². The summed E-state index contributed by atoms with van der Waals surface area (Å²) in [4.78, 5) is 55.3. The number of amides is 1. The molecule has 0 aliphatic heterocycles. The predicted molar refractivity (Wildman–Crippen MR) is 145 cm³/mol. The van der Waals surface area contributed by atoms with Crippen LogP contribution in [-0.4, -0.2) is 77.5 Å². The van der Waals surface area contributed by atoms with Crippen molar-refractivity contribution >= 4 is 28.8 Å². The number of nitrogens with one attached hydrogen (secondary N) is 1. The molecule has 3 aliphatic rings. The summed E-state index contributed by atoms with van der Waals surface area (Å²) in [5, 5.41) is 40.1. The number of nitroso groups, excluding NO2 is 1. The van der Waals surface area contributed by atoms with Crippen molar-refractivity contribution in [3.63, 3.8) is 0 Å². The first-order valence-electron chi connectivity index (χ1n) is 12.8. The molecule has 0 spiro atoms. The van der Waals surface area contributed by atoms with Crippen molar-refractivity contribution in [3.05, 3.63) is 50.3 Å². The van der Waals surface area contributed by atoms with E-state index in [-0.39, 0.29) is 35.2 Å². The summed E-state index contributed by atoms with van der Waals surface area (Å²) in [6, 6.07) is 0.586. The average Bonchev–Trinajstić information content (AvgIpc) is 2.90. The van der Waals surface area contributed by atoms with E-state index in [4.69, 9.17) is 5.53 Å². The third-order valence-electron chi connectivity index (χ3n) is 7.94. The molecule has 40 heavy (non-hydrogen) atoms. The molecular formula is C28H31N5O7. The Morgan fingerprint density at radius 3 is 2.45 bits per heavy atom. The number of likely N-dealkylation sites (N-methyl/N-ethyl adjacent to an activating group) is 1. The van der Waals surface area contributed by atoms with Crippen LogP contribution in [0.5, 0.6) is 0 Å². The summed E-state index contributed by atoms with van der Waals surface area (Å²) in [6.45, 7) is 1.95. The average molecular weight is 550 g/mol. The van der Waals surface area contributed by atoms with Gasteiger partial charge in [0, 0.05) is 37.7 Å². The van der Waals surface area contributed by atoms with Gasteiger partial charge in [0.15, 0.2) is 11.4 Å². The number of Topliss-reactive ketones (excluding diaryl/α,β-unsaturated/α-hetero) is 2. The van der Waals surface area contributed by atoms with Crippen molar-refractivity contribution in [3.8, 4) is 11.8 Å². The minimum Gasteiger partial charge on any atom is -0.510 e. The van der Waals surface area contributed by atoms with Crippen LogP contribution in [0.15, 0.2) is 39.0 Å². The van der Waals surface area contributed by atoms with Gasteiger partial charge in [0.2, 0.25) is 5.78 Å². The lowest BCUT2D eigenvalue weighted by molar-refractivity contribution is -0.148. The second kappa shape index (κ2) is 10.4. The van der Waals surface area contributed by atoms with Gasteiger partial charge >= 0.3 is 5.91 Å². The minimum atomic E-state index is -2.76. The molecular weight excluding hydrogens is 518 g/mol. The molecule has 1 aromatic rings.